The molecule has 0 amide bonds. The van der Waals surface area contributed by atoms with E-state index in [1.165, 1.54) is 0 Å². The lowest BCUT2D eigenvalue weighted by atomic mass is 10.2. The molecule has 90 valence electrons. The fourth-order valence-corrected chi connectivity index (χ4v) is 2.26. The summed E-state index contributed by atoms with van der Waals surface area (Å²) in [6.07, 6.45) is 2.75. The highest BCUT2D eigenvalue weighted by Gasteiger charge is 2.14. The summed E-state index contributed by atoms with van der Waals surface area (Å²) in [6.45, 7) is 6.59. The van der Waals surface area contributed by atoms with Crippen molar-refractivity contribution in [1.29, 1.82) is 0 Å². The van der Waals surface area contributed by atoms with Gasteiger partial charge in [-0.25, -0.2) is 4.98 Å². The lowest BCUT2D eigenvalue weighted by Crippen LogP contribution is -2.15. The standard InChI is InChI=1S/C13H16BrN3/c1-3-7-17-12-6-5-9(14)8-11(12)16-13(17)10(15)4-2/h3,5-6,8,10H,1,4,7,15H2,2H3. The number of allylic oxidation sites excluding steroid dienone is 1. The van der Waals surface area contributed by atoms with Gasteiger partial charge >= 0.3 is 0 Å². The molecule has 1 atom stereocenters. The van der Waals surface area contributed by atoms with Crippen LogP contribution in [0.2, 0.25) is 0 Å². The first-order valence-electron chi connectivity index (χ1n) is 5.69. The summed E-state index contributed by atoms with van der Waals surface area (Å²) in [5.41, 5.74) is 8.17. The number of fused-ring (bicyclic) bond motifs is 1. The van der Waals surface area contributed by atoms with Gasteiger partial charge in [0, 0.05) is 11.0 Å². The van der Waals surface area contributed by atoms with E-state index >= 15 is 0 Å². The van der Waals surface area contributed by atoms with Crippen LogP contribution < -0.4 is 5.73 Å². The van der Waals surface area contributed by atoms with Crippen LogP contribution in [-0.4, -0.2) is 9.55 Å². The van der Waals surface area contributed by atoms with Crippen LogP contribution in [0, 0.1) is 0 Å². The van der Waals surface area contributed by atoms with E-state index in [0.717, 1.165) is 34.3 Å². The molecule has 0 aliphatic carbocycles. The summed E-state index contributed by atoms with van der Waals surface area (Å²) in [6, 6.07) is 6.06. The molecule has 0 saturated heterocycles. The maximum absolute atomic E-state index is 6.10. The number of nitrogens with zero attached hydrogens (tertiary/aromatic N) is 2. The Morgan fingerprint density at radius 2 is 2.35 bits per heavy atom. The largest absolute Gasteiger partial charge is 0.323 e. The highest BCUT2D eigenvalue weighted by Crippen LogP contribution is 2.24. The number of aromatic nitrogens is 2. The van der Waals surface area contributed by atoms with E-state index in [2.05, 4.69) is 45.1 Å². The summed E-state index contributed by atoms with van der Waals surface area (Å²) in [5, 5.41) is 0. The molecule has 3 nitrogen and oxygen atoms in total. The molecule has 1 aromatic heterocycles. The molecular weight excluding hydrogens is 278 g/mol. The Labute approximate surface area is 109 Å². The third-order valence-corrected chi connectivity index (χ3v) is 3.32. The van der Waals surface area contributed by atoms with E-state index in [4.69, 9.17) is 5.73 Å². The van der Waals surface area contributed by atoms with Crippen molar-refractivity contribution in [3.8, 4) is 0 Å². The maximum atomic E-state index is 6.10. The molecule has 2 rings (SSSR count). The van der Waals surface area contributed by atoms with Crippen molar-refractivity contribution >= 4 is 27.0 Å². The topological polar surface area (TPSA) is 43.8 Å². The average molecular weight is 294 g/mol. The predicted octanol–water partition coefficient (Wildman–Crippen LogP) is 3.39. The monoisotopic (exact) mass is 293 g/mol. The van der Waals surface area contributed by atoms with Gasteiger partial charge in [0.25, 0.3) is 0 Å². The molecule has 1 unspecified atom stereocenters. The molecule has 0 saturated carbocycles. The number of rotatable bonds is 4. The van der Waals surface area contributed by atoms with Gasteiger partial charge in [0.05, 0.1) is 17.1 Å². The smallest absolute Gasteiger partial charge is 0.127 e. The molecule has 2 aromatic rings. The van der Waals surface area contributed by atoms with Crippen molar-refractivity contribution in [3.63, 3.8) is 0 Å². The molecule has 1 heterocycles. The van der Waals surface area contributed by atoms with Gasteiger partial charge in [-0.2, -0.15) is 0 Å². The van der Waals surface area contributed by atoms with Crippen LogP contribution in [0.15, 0.2) is 35.3 Å². The molecule has 0 spiro atoms. The minimum Gasteiger partial charge on any atom is -0.323 e. The van der Waals surface area contributed by atoms with Crippen molar-refractivity contribution in [1.82, 2.24) is 9.55 Å². The Morgan fingerprint density at radius 3 is 3.00 bits per heavy atom. The van der Waals surface area contributed by atoms with Crippen LogP contribution in [0.25, 0.3) is 11.0 Å². The minimum absolute atomic E-state index is 0.0267. The molecular formula is C13H16BrN3. The van der Waals surface area contributed by atoms with Crippen LogP contribution in [0.4, 0.5) is 0 Å². The van der Waals surface area contributed by atoms with Gasteiger partial charge in [-0.15, -0.1) is 6.58 Å². The average Bonchev–Trinajstić information content (AvgIpc) is 2.67. The quantitative estimate of drug-likeness (QED) is 0.878. The number of benzene rings is 1. The Kier molecular flexibility index (Phi) is 3.64. The summed E-state index contributed by atoms with van der Waals surface area (Å²) in [7, 11) is 0. The second-order valence-corrected chi connectivity index (χ2v) is 4.93. The van der Waals surface area contributed by atoms with Gasteiger partial charge < -0.3 is 10.3 Å². The highest BCUT2D eigenvalue weighted by molar-refractivity contribution is 9.10. The first-order chi connectivity index (χ1) is 8.17. The van der Waals surface area contributed by atoms with Gasteiger partial charge in [-0.05, 0) is 24.6 Å². The zero-order valence-electron chi connectivity index (χ0n) is 9.86. The molecule has 2 N–H and O–H groups in total. The number of hydrogen-bond acceptors (Lipinski definition) is 2. The van der Waals surface area contributed by atoms with E-state index in [9.17, 15) is 0 Å². The molecule has 1 aromatic carbocycles. The lowest BCUT2D eigenvalue weighted by molar-refractivity contribution is 0.609. The Morgan fingerprint density at radius 1 is 1.59 bits per heavy atom. The van der Waals surface area contributed by atoms with Gasteiger partial charge in [0.2, 0.25) is 0 Å². The van der Waals surface area contributed by atoms with Crippen LogP contribution >= 0.6 is 15.9 Å². The molecule has 4 heteroatoms. The zero-order chi connectivity index (χ0) is 12.4. The number of nitrogens with two attached hydrogens (primary N) is 1. The van der Waals surface area contributed by atoms with Gasteiger partial charge in [0.1, 0.15) is 5.82 Å². The minimum atomic E-state index is -0.0267. The molecule has 0 aliphatic heterocycles. The Balaban J connectivity index is 2.65. The van der Waals surface area contributed by atoms with E-state index < -0.39 is 0 Å². The number of imidazole rings is 1. The second-order valence-electron chi connectivity index (χ2n) is 4.02. The Bertz CT molecular complexity index is 545. The maximum Gasteiger partial charge on any atom is 0.127 e. The third-order valence-electron chi connectivity index (χ3n) is 2.82. The normalized spacial score (nSPS) is 12.9. The van der Waals surface area contributed by atoms with Crippen molar-refractivity contribution in [2.24, 2.45) is 5.73 Å². The van der Waals surface area contributed by atoms with Crippen molar-refractivity contribution in [3.05, 3.63) is 41.2 Å². The number of halogens is 1. The molecule has 17 heavy (non-hydrogen) atoms. The zero-order valence-corrected chi connectivity index (χ0v) is 11.4. The van der Waals surface area contributed by atoms with Gasteiger partial charge in [-0.1, -0.05) is 28.9 Å². The van der Waals surface area contributed by atoms with Crippen molar-refractivity contribution in [2.45, 2.75) is 25.9 Å². The van der Waals surface area contributed by atoms with E-state index in [-0.39, 0.29) is 6.04 Å². The molecule has 0 radical (unpaired) electrons. The lowest BCUT2D eigenvalue weighted by Gasteiger charge is -2.11. The fourth-order valence-electron chi connectivity index (χ4n) is 1.91. The van der Waals surface area contributed by atoms with E-state index in [1.54, 1.807) is 0 Å². The summed E-state index contributed by atoms with van der Waals surface area (Å²) >= 11 is 3.46. The fraction of sp³-hybridized carbons (Fsp3) is 0.308. The van der Waals surface area contributed by atoms with Crippen LogP contribution in [0.1, 0.15) is 25.2 Å². The van der Waals surface area contributed by atoms with Crippen LogP contribution in [0.3, 0.4) is 0 Å². The summed E-state index contributed by atoms with van der Waals surface area (Å²) in [5.74, 6) is 0.931. The summed E-state index contributed by atoms with van der Waals surface area (Å²) < 4.78 is 3.16. The SMILES string of the molecule is C=CCn1c(C(N)CC)nc2cc(Br)ccc21. The van der Waals surface area contributed by atoms with Crippen LogP contribution in [-0.2, 0) is 6.54 Å². The first-order valence-corrected chi connectivity index (χ1v) is 6.48. The second kappa shape index (κ2) is 5.02. The van der Waals surface area contributed by atoms with Crippen LogP contribution in [0.5, 0.6) is 0 Å². The summed E-state index contributed by atoms with van der Waals surface area (Å²) in [4.78, 5) is 4.62. The van der Waals surface area contributed by atoms with Crippen molar-refractivity contribution < 1.29 is 0 Å². The first kappa shape index (κ1) is 12.3. The molecule has 0 bridgehead atoms. The molecule has 0 fully saturated rings. The van der Waals surface area contributed by atoms with Gasteiger partial charge in [-0.3, -0.25) is 0 Å². The van der Waals surface area contributed by atoms with E-state index in [1.807, 2.05) is 18.2 Å². The Hall–Kier alpha value is -1.13. The van der Waals surface area contributed by atoms with Crippen molar-refractivity contribution in [2.75, 3.05) is 0 Å². The predicted molar refractivity (Wildman–Crippen MR) is 74.8 cm³/mol. The van der Waals surface area contributed by atoms with E-state index in [0.29, 0.717) is 0 Å². The number of hydrogen-bond donors (Lipinski definition) is 1. The van der Waals surface area contributed by atoms with Gasteiger partial charge in [0.15, 0.2) is 0 Å². The third kappa shape index (κ3) is 2.28. The molecule has 0 aliphatic rings. The highest BCUT2D eigenvalue weighted by atomic mass is 79.9.